The van der Waals surface area contributed by atoms with E-state index >= 15 is 0 Å². The third-order valence-corrected chi connectivity index (χ3v) is 3.81. The number of aliphatic carboxylic acids is 1. The van der Waals surface area contributed by atoms with E-state index in [4.69, 9.17) is 10.5 Å². The van der Waals surface area contributed by atoms with Gasteiger partial charge in [-0.2, -0.15) is 0 Å². The van der Waals surface area contributed by atoms with Crippen LogP contribution in [0.4, 0.5) is 0 Å². The molecule has 22 heavy (non-hydrogen) atoms. The summed E-state index contributed by atoms with van der Waals surface area (Å²) in [5.74, 6) is -0.826. The van der Waals surface area contributed by atoms with Crippen LogP contribution in [0, 0.1) is 11.8 Å². The van der Waals surface area contributed by atoms with Gasteiger partial charge in [0.1, 0.15) is 6.04 Å². The van der Waals surface area contributed by atoms with Gasteiger partial charge in [0.05, 0.1) is 24.8 Å². The van der Waals surface area contributed by atoms with Crippen molar-refractivity contribution in [3.63, 3.8) is 0 Å². The molecule has 0 aromatic rings. The van der Waals surface area contributed by atoms with Crippen LogP contribution in [0.5, 0.6) is 0 Å². The first-order valence-electron chi connectivity index (χ1n) is 7.78. The van der Waals surface area contributed by atoms with Gasteiger partial charge in [0, 0.05) is 6.54 Å². The fourth-order valence-electron chi connectivity index (χ4n) is 2.43. The molecule has 0 radical (unpaired) electrons. The molecular formula is C15H29N3O4. The van der Waals surface area contributed by atoms with Crippen molar-refractivity contribution in [3.05, 3.63) is 0 Å². The fourth-order valence-corrected chi connectivity index (χ4v) is 2.43. The van der Waals surface area contributed by atoms with Crippen LogP contribution in [0.2, 0.25) is 0 Å². The van der Waals surface area contributed by atoms with Crippen molar-refractivity contribution in [3.8, 4) is 0 Å². The van der Waals surface area contributed by atoms with Crippen molar-refractivity contribution >= 4 is 11.9 Å². The van der Waals surface area contributed by atoms with Crippen LogP contribution in [-0.2, 0) is 14.3 Å². The Morgan fingerprint density at radius 1 is 1.27 bits per heavy atom. The first-order valence-corrected chi connectivity index (χ1v) is 7.78. The van der Waals surface area contributed by atoms with E-state index in [1.807, 2.05) is 27.7 Å². The standard InChI is InChI=1S/C15H29N3O4/c1-9(2)5-11(16)13(19)17-6-15(7-22-8-15)18-12(10(3)4)14(20)21/h9-12,18H,5-8,16H2,1-4H3,(H,17,19)(H,20,21)/t11-,12-/m0/s1. The van der Waals surface area contributed by atoms with Gasteiger partial charge in [0.15, 0.2) is 0 Å². The molecule has 1 saturated heterocycles. The molecule has 1 aliphatic heterocycles. The third-order valence-electron chi connectivity index (χ3n) is 3.81. The molecule has 1 amide bonds. The van der Waals surface area contributed by atoms with E-state index in [1.165, 1.54) is 0 Å². The van der Waals surface area contributed by atoms with Crippen LogP contribution in [0.15, 0.2) is 0 Å². The summed E-state index contributed by atoms with van der Waals surface area (Å²) < 4.78 is 5.22. The summed E-state index contributed by atoms with van der Waals surface area (Å²) in [6, 6.07) is -1.22. The highest BCUT2D eigenvalue weighted by Gasteiger charge is 2.42. The van der Waals surface area contributed by atoms with Crippen molar-refractivity contribution in [2.24, 2.45) is 17.6 Å². The first-order chi connectivity index (χ1) is 10.2. The SMILES string of the molecule is CC(C)C[C@H](N)C(=O)NCC1(N[C@H](C(=O)O)C(C)C)COC1. The minimum absolute atomic E-state index is 0.0612. The summed E-state index contributed by atoms with van der Waals surface area (Å²) in [7, 11) is 0. The zero-order valence-corrected chi connectivity index (χ0v) is 13.9. The number of hydrogen-bond donors (Lipinski definition) is 4. The number of nitrogens with one attached hydrogen (secondary N) is 2. The fraction of sp³-hybridized carbons (Fsp3) is 0.867. The molecule has 1 heterocycles. The highest BCUT2D eigenvalue weighted by Crippen LogP contribution is 2.19. The maximum atomic E-state index is 12.0. The molecule has 5 N–H and O–H groups in total. The summed E-state index contributed by atoms with van der Waals surface area (Å²) in [5, 5.41) is 15.2. The second-order valence-electron chi connectivity index (χ2n) is 6.93. The maximum Gasteiger partial charge on any atom is 0.320 e. The van der Waals surface area contributed by atoms with Gasteiger partial charge >= 0.3 is 5.97 Å². The number of ether oxygens (including phenoxy) is 1. The van der Waals surface area contributed by atoms with E-state index in [0.29, 0.717) is 32.1 Å². The average Bonchev–Trinajstić information content (AvgIpc) is 2.34. The monoisotopic (exact) mass is 315 g/mol. The Balaban J connectivity index is 2.57. The molecule has 7 nitrogen and oxygen atoms in total. The van der Waals surface area contributed by atoms with Crippen LogP contribution in [-0.4, -0.2) is 54.4 Å². The van der Waals surface area contributed by atoms with Crippen molar-refractivity contribution < 1.29 is 19.4 Å². The lowest BCUT2D eigenvalue weighted by Crippen LogP contribution is -2.70. The van der Waals surface area contributed by atoms with Crippen molar-refractivity contribution in [1.82, 2.24) is 10.6 Å². The van der Waals surface area contributed by atoms with Gasteiger partial charge in [-0.25, -0.2) is 0 Å². The van der Waals surface area contributed by atoms with Gasteiger partial charge in [-0.15, -0.1) is 0 Å². The first kappa shape index (κ1) is 18.9. The van der Waals surface area contributed by atoms with Gasteiger partial charge in [0.2, 0.25) is 5.91 Å². The van der Waals surface area contributed by atoms with E-state index in [2.05, 4.69) is 10.6 Å². The zero-order valence-electron chi connectivity index (χ0n) is 13.9. The van der Waals surface area contributed by atoms with E-state index in [-0.39, 0.29) is 11.8 Å². The summed E-state index contributed by atoms with van der Waals surface area (Å²) in [5.41, 5.74) is 5.32. The molecule has 0 spiro atoms. The van der Waals surface area contributed by atoms with Crippen LogP contribution >= 0.6 is 0 Å². The van der Waals surface area contributed by atoms with Crippen LogP contribution in [0.1, 0.15) is 34.1 Å². The molecule has 0 bridgehead atoms. The van der Waals surface area contributed by atoms with Crippen molar-refractivity contribution in [2.75, 3.05) is 19.8 Å². The maximum absolute atomic E-state index is 12.0. The average molecular weight is 315 g/mol. The third kappa shape index (κ3) is 5.23. The molecule has 0 aromatic carbocycles. The molecule has 1 aliphatic rings. The number of carboxylic acids is 1. The zero-order chi connectivity index (χ0) is 16.9. The molecule has 2 atom stereocenters. The van der Waals surface area contributed by atoms with E-state index in [0.717, 1.165) is 0 Å². The molecule has 0 aromatic heterocycles. The Hall–Kier alpha value is -1.18. The predicted molar refractivity (Wildman–Crippen MR) is 83.4 cm³/mol. The van der Waals surface area contributed by atoms with E-state index in [9.17, 15) is 14.7 Å². The molecule has 0 saturated carbocycles. The number of amides is 1. The van der Waals surface area contributed by atoms with Gasteiger partial charge < -0.3 is 20.9 Å². The lowest BCUT2D eigenvalue weighted by molar-refractivity contribution is -0.145. The van der Waals surface area contributed by atoms with Gasteiger partial charge in [-0.1, -0.05) is 27.7 Å². The summed E-state index contributed by atoms with van der Waals surface area (Å²) in [6.45, 7) is 8.78. The Kier molecular flexibility index (Phi) is 6.77. The quantitative estimate of drug-likeness (QED) is 0.474. The van der Waals surface area contributed by atoms with Crippen LogP contribution in [0.25, 0.3) is 0 Å². The predicted octanol–water partition coefficient (Wildman–Crippen LogP) is -0.0562. The molecule has 7 heteroatoms. The topological polar surface area (TPSA) is 114 Å². The minimum Gasteiger partial charge on any atom is -0.480 e. The normalized spacial score (nSPS) is 19.6. The Morgan fingerprint density at radius 3 is 2.23 bits per heavy atom. The van der Waals surface area contributed by atoms with E-state index in [1.54, 1.807) is 0 Å². The molecule has 0 aliphatic carbocycles. The molecule has 1 rings (SSSR count). The summed E-state index contributed by atoms with van der Waals surface area (Å²) >= 11 is 0. The van der Waals surface area contributed by atoms with Gasteiger partial charge in [0.25, 0.3) is 0 Å². The summed E-state index contributed by atoms with van der Waals surface area (Å²) in [4.78, 5) is 23.3. The molecule has 1 fully saturated rings. The molecular weight excluding hydrogens is 286 g/mol. The van der Waals surface area contributed by atoms with Crippen molar-refractivity contribution in [2.45, 2.75) is 51.7 Å². The number of carbonyl (C=O) groups is 2. The second kappa shape index (κ2) is 7.89. The summed E-state index contributed by atoms with van der Waals surface area (Å²) in [6.07, 6.45) is 0.618. The Morgan fingerprint density at radius 2 is 1.86 bits per heavy atom. The number of carbonyl (C=O) groups excluding carboxylic acids is 1. The minimum atomic E-state index is -0.899. The number of hydrogen-bond acceptors (Lipinski definition) is 5. The lowest BCUT2D eigenvalue weighted by atomic mass is 9.92. The highest BCUT2D eigenvalue weighted by atomic mass is 16.5. The van der Waals surface area contributed by atoms with Crippen molar-refractivity contribution in [1.29, 1.82) is 0 Å². The Bertz CT molecular complexity index is 394. The van der Waals surface area contributed by atoms with Gasteiger partial charge in [-0.05, 0) is 18.3 Å². The van der Waals surface area contributed by atoms with Gasteiger partial charge in [-0.3, -0.25) is 14.9 Å². The van der Waals surface area contributed by atoms with E-state index < -0.39 is 23.6 Å². The number of nitrogens with two attached hydrogens (primary N) is 1. The highest BCUT2D eigenvalue weighted by molar-refractivity contribution is 5.81. The lowest BCUT2D eigenvalue weighted by Gasteiger charge is -2.44. The van der Waals surface area contributed by atoms with Crippen LogP contribution in [0.3, 0.4) is 0 Å². The largest absolute Gasteiger partial charge is 0.480 e. The van der Waals surface area contributed by atoms with Crippen LogP contribution < -0.4 is 16.4 Å². The number of carboxylic acid groups (broad SMARTS) is 1. The Labute approximate surface area is 132 Å². The smallest absolute Gasteiger partial charge is 0.320 e. The molecule has 0 unspecified atom stereocenters. The number of rotatable bonds is 9. The molecule has 128 valence electrons. The second-order valence-corrected chi connectivity index (χ2v) is 6.93.